The molecule has 1 heterocycles. The zero-order chi connectivity index (χ0) is 12.3. The van der Waals surface area contributed by atoms with E-state index in [9.17, 15) is 0 Å². The van der Waals surface area contributed by atoms with Crippen molar-refractivity contribution in [2.24, 2.45) is 0 Å². The number of hydrogen-bond donors (Lipinski definition) is 1. The fourth-order valence-corrected chi connectivity index (χ4v) is 3.36. The zero-order valence-electron chi connectivity index (χ0n) is 10.1. The molecule has 17 heavy (non-hydrogen) atoms. The van der Waals surface area contributed by atoms with E-state index in [2.05, 4.69) is 43.1 Å². The minimum Gasteiger partial charge on any atom is -0.389 e. The predicted octanol–water partition coefficient (Wildman–Crippen LogP) is 4.20. The summed E-state index contributed by atoms with van der Waals surface area (Å²) in [5, 5.41) is 0.812. The lowest BCUT2D eigenvalue weighted by atomic mass is 10.1. The van der Waals surface area contributed by atoms with Crippen LogP contribution in [0.2, 0.25) is 0 Å². The lowest BCUT2D eigenvalue weighted by Gasteiger charge is -1.98. The van der Waals surface area contributed by atoms with E-state index in [0.29, 0.717) is 0 Å². The fraction of sp³-hybridized carbons (Fsp3) is 0.308. The van der Waals surface area contributed by atoms with E-state index in [1.165, 1.54) is 5.56 Å². The third-order valence-corrected chi connectivity index (χ3v) is 4.62. The van der Waals surface area contributed by atoms with Gasteiger partial charge in [0.1, 0.15) is 10.7 Å². The second kappa shape index (κ2) is 5.56. The Bertz CT molecular complexity index is 489. The van der Waals surface area contributed by atoms with Gasteiger partial charge >= 0.3 is 0 Å². The molecule has 1 aromatic heterocycles. The Morgan fingerprint density at radius 1 is 1.29 bits per heavy atom. The molecule has 2 rings (SSSR count). The number of hydrogen-bond acceptors (Lipinski definition) is 4. The third-order valence-electron chi connectivity index (χ3n) is 2.39. The minimum atomic E-state index is 0.812. The molecule has 0 aliphatic heterocycles. The Kier molecular flexibility index (Phi) is 4.07. The van der Waals surface area contributed by atoms with Crippen LogP contribution in [0.15, 0.2) is 28.6 Å². The quantitative estimate of drug-likeness (QED) is 0.841. The highest BCUT2D eigenvalue weighted by Gasteiger charge is 2.10. The maximum Gasteiger partial charge on any atom is 0.152 e. The summed E-state index contributed by atoms with van der Waals surface area (Å²) >= 11 is 3.36. The molecule has 0 bridgehead atoms. The Morgan fingerprint density at radius 2 is 2.00 bits per heavy atom. The van der Waals surface area contributed by atoms with E-state index in [0.717, 1.165) is 32.8 Å². The van der Waals surface area contributed by atoms with Gasteiger partial charge in [0.25, 0.3) is 0 Å². The molecule has 0 aliphatic carbocycles. The molecular formula is C13H16N2S2. The van der Waals surface area contributed by atoms with Gasteiger partial charge in [0.15, 0.2) is 4.34 Å². The van der Waals surface area contributed by atoms with Crippen LogP contribution >= 0.6 is 23.1 Å². The molecule has 2 nitrogen and oxygen atoms in total. The normalized spacial score (nSPS) is 10.7. The zero-order valence-corrected chi connectivity index (χ0v) is 11.7. The van der Waals surface area contributed by atoms with E-state index >= 15 is 0 Å². The first-order chi connectivity index (χ1) is 8.20. The average Bonchev–Trinajstić information content (AvgIpc) is 2.69. The number of rotatable bonds is 4. The van der Waals surface area contributed by atoms with E-state index < -0.39 is 0 Å². The number of nitrogens with two attached hydrogens (primary N) is 1. The van der Waals surface area contributed by atoms with Gasteiger partial charge in [-0.1, -0.05) is 59.9 Å². The summed E-state index contributed by atoms with van der Waals surface area (Å²) in [4.78, 5) is 4.60. The monoisotopic (exact) mass is 264 g/mol. The lowest BCUT2D eigenvalue weighted by molar-refractivity contribution is 1.10. The Balaban J connectivity index is 2.26. The van der Waals surface area contributed by atoms with Crippen molar-refractivity contribution >= 4 is 28.1 Å². The molecule has 0 amide bonds. The number of benzene rings is 1. The highest BCUT2D eigenvalue weighted by atomic mass is 32.2. The summed E-state index contributed by atoms with van der Waals surface area (Å²) in [6.07, 6.45) is 1.16. The number of aromatic nitrogens is 1. The lowest BCUT2D eigenvalue weighted by Crippen LogP contribution is -1.85. The first kappa shape index (κ1) is 12.5. The first-order valence-electron chi connectivity index (χ1n) is 5.67. The molecule has 0 fully saturated rings. The highest BCUT2D eigenvalue weighted by Crippen LogP contribution is 2.35. The minimum absolute atomic E-state index is 0.812. The molecule has 0 radical (unpaired) electrons. The van der Waals surface area contributed by atoms with E-state index in [-0.39, 0.29) is 0 Å². The third kappa shape index (κ3) is 3.01. The van der Waals surface area contributed by atoms with Crippen LogP contribution in [-0.2, 0) is 0 Å². The smallest absolute Gasteiger partial charge is 0.152 e. The number of thiazole rings is 1. The molecule has 0 aliphatic rings. The molecule has 2 N–H and O–H groups in total. The summed E-state index contributed by atoms with van der Waals surface area (Å²) in [7, 11) is 0. The number of nitrogens with zero attached hydrogens (tertiary/aromatic N) is 1. The van der Waals surface area contributed by atoms with Gasteiger partial charge in [-0.15, -0.1) is 0 Å². The van der Waals surface area contributed by atoms with Gasteiger partial charge in [-0.2, -0.15) is 0 Å². The van der Waals surface area contributed by atoms with Gasteiger partial charge < -0.3 is 5.73 Å². The van der Waals surface area contributed by atoms with E-state index in [1.54, 1.807) is 23.1 Å². The van der Waals surface area contributed by atoms with Gasteiger partial charge in [0, 0.05) is 11.3 Å². The van der Waals surface area contributed by atoms with Gasteiger partial charge in [0.2, 0.25) is 0 Å². The molecule has 0 atom stereocenters. The summed E-state index contributed by atoms with van der Waals surface area (Å²) in [6.45, 7) is 4.25. The predicted molar refractivity (Wildman–Crippen MR) is 77.7 cm³/mol. The van der Waals surface area contributed by atoms with Crippen LogP contribution in [0.1, 0.15) is 18.9 Å². The van der Waals surface area contributed by atoms with Crippen molar-refractivity contribution in [3.8, 4) is 11.3 Å². The summed E-state index contributed by atoms with van der Waals surface area (Å²) < 4.78 is 1.07. The number of nitrogen functional groups attached to an aromatic ring is 1. The van der Waals surface area contributed by atoms with Crippen molar-refractivity contribution in [1.29, 1.82) is 0 Å². The standard InChI is InChI=1S/C13H16N2S2/c1-3-8-16-13-15-11(12(14)17-13)10-6-4-9(2)5-7-10/h4-7H,3,8,14H2,1-2H3. The molecule has 0 saturated carbocycles. The SMILES string of the molecule is CCCSc1nc(-c2ccc(C)cc2)c(N)s1. The average molecular weight is 264 g/mol. The Labute approximate surface area is 110 Å². The topological polar surface area (TPSA) is 38.9 Å². The van der Waals surface area contributed by atoms with Crippen LogP contribution in [0.5, 0.6) is 0 Å². The van der Waals surface area contributed by atoms with Crippen LogP contribution in [0.4, 0.5) is 5.00 Å². The molecule has 2 aromatic rings. The molecule has 0 saturated heterocycles. The molecule has 0 spiro atoms. The maximum absolute atomic E-state index is 6.03. The van der Waals surface area contributed by atoms with Crippen LogP contribution in [0, 0.1) is 6.92 Å². The second-order valence-electron chi connectivity index (χ2n) is 3.91. The first-order valence-corrected chi connectivity index (χ1v) is 7.47. The van der Waals surface area contributed by atoms with Crippen molar-refractivity contribution < 1.29 is 0 Å². The Hall–Kier alpha value is -1.00. The summed E-state index contributed by atoms with van der Waals surface area (Å²) in [5.74, 6) is 1.10. The summed E-state index contributed by atoms with van der Waals surface area (Å²) in [5.41, 5.74) is 9.31. The molecular weight excluding hydrogens is 248 g/mol. The van der Waals surface area contributed by atoms with Crippen LogP contribution in [0.25, 0.3) is 11.3 Å². The van der Waals surface area contributed by atoms with Crippen molar-refractivity contribution in [2.75, 3.05) is 11.5 Å². The molecule has 0 unspecified atom stereocenters. The molecule has 90 valence electrons. The van der Waals surface area contributed by atoms with Crippen LogP contribution in [0.3, 0.4) is 0 Å². The maximum atomic E-state index is 6.03. The van der Waals surface area contributed by atoms with Crippen molar-refractivity contribution in [2.45, 2.75) is 24.6 Å². The van der Waals surface area contributed by atoms with E-state index in [1.807, 2.05) is 0 Å². The van der Waals surface area contributed by atoms with Crippen molar-refractivity contribution in [3.63, 3.8) is 0 Å². The number of aryl methyl sites for hydroxylation is 1. The highest BCUT2D eigenvalue weighted by molar-refractivity contribution is 8.01. The number of anilines is 1. The van der Waals surface area contributed by atoms with Crippen LogP contribution in [-0.4, -0.2) is 10.7 Å². The Morgan fingerprint density at radius 3 is 2.65 bits per heavy atom. The molecule has 1 aromatic carbocycles. The van der Waals surface area contributed by atoms with Gasteiger partial charge in [-0.25, -0.2) is 4.98 Å². The van der Waals surface area contributed by atoms with Gasteiger partial charge in [-0.05, 0) is 13.3 Å². The van der Waals surface area contributed by atoms with Crippen molar-refractivity contribution in [1.82, 2.24) is 4.98 Å². The largest absolute Gasteiger partial charge is 0.389 e. The van der Waals surface area contributed by atoms with Gasteiger partial charge in [0.05, 0.1) is 0 Å². The fourth-order valence-electron chi connectivity index (χ4n) is 1.48. The summed E-state index contributed by atoms with van der Waals surface area (Å²) in [6, 6.07) is 8.34. The number of thioether (sulfide) groups is 1. The van der Waals surface area contributed by atoms with Crippen molar-refractivity contribution in [3.05, 3.63) is 29.8 Å². The van der Waals surface area contributed by atoms with Gasteiger partial charge in [-0.3, -0.25) is 0 Å². The van der Waals surface area contributed by atoms with E-state index in [4.69, 9.17) is 5.73 Å². The van der Waals surface area contributed by atoms with Crippen LogP contribution < -0.4 is 5.73 Å². The molecule has 4 heteroatoms. The second-order valence-corrected chi connectivity index (χ2v) is 6.28.